The number of rotatable bonds is 4. The molecule has 2 unspecified atom stereocenters. The molecule has 2 heteroatoms. The molecule has 2 nitrogen and oxygen atoms in total. The van der Waals surface area contributed by atoms with Gasteiger partial charge < -0.3 is 0 Å². The van der Waals surface area contributed by atoms with Gasteiger partial charge in [-0.15, -0.1) is 4.57 Å². The fourth-order valence-electron chi connectivity index (χ4n) is 4.75. The molecule has 4 rings (SSSR count). The van der Waals surface area contributed by atoms with Gasteiger partial charge in [-0.3, -0.25) is 0 Å². The Kier molecular flexibility index (Phi) is 5.32. The van der Waals surface area contributed by atoms with E-state index in [2.05, 4.69) is 125 Å². The van der Waals surface area contributed by atoms with Gasteiger partial charge in [0, 0.05) is 29.7 Å². The van der Waals surface area contributed by atoms with Crippen LogP contribution in [0.5, 0.6) is 0 Å². The molecule has 0 saturated carbocycles. The monoisotopic (exact) mass is 414 g/mol. The molecule has 2 aliphatic heterocycles. The number of hydrogen-bond acceptors (Lipinski definition) is 0. The van der Waals surface area contributed by atoms with Gasteiger partial charge in [-0.25, -0.2) is 0 Å². The maximum Gasteiger partial charge on any atom is 0.376 e. The van der Waals surface area contributed by atoms with Crippen molar-refractivity contribution in [3.8, 4) is 0 Å². The summed E-state index contributed by atoms with van der Waals surface area (Å²) in [4.78, 5) is 0. The Hall–Kier alpha value is -2.48. The van der Waals surface area contributed by atoms with Crippen LogP contribution >= 0.6 is 0 Å². The van der Waals surface area contributed by atoms with E-state index < -0.39 is 0 Å². The van der Waals surface area contributed by atoms with Crippen LogP contribution in [0.15, 0.2) is 61.3 Å². The number of nitrogens with zero attached hydrogens (tertiary/aromatic N) is 2. The number of fused-ring (bicyclic) bond motifs is 3. The van der Waals surface area contributed by atoms with Crippen molar-refractivity contribution in [2.24, 2.45) is 11.3 Å². The van der Waals surface area contributed by atoms with Gasteiger partial charge in [0.2, 0.25) is 5.69 Å². The molecule has 31 heavy (non-hydrogen) atoms. The summed E-state index contributed by atoms with van der Waals surface area (Å²) >= 11 is 0. The van der Waals surface area contributed by atoms with Crippen LogP contribution in [0, 0.1) is 11.3 Å². The van der Waals surface area contributed by atoms with Gasteiger partial charge in [-0.1, -0.05) is 79.3 Å². The minimum absolute atomic E-state index is 0.00129. The van der Waals surface area contributed by atoms with E-state index in [1.807, 2.05) is 0 Å². The van der Waals surface area contributed by atoms with Gasteiger partial charge in [0.1, 0.15) is 5.56 Å². The highest BCUT2D eigenvalue weighted by molar-refractivity contribution is 5.68. The lowest BCUT2D eigenvalue weighted by atomic mass is 9.73. The smallest absolute Gasteiger partial charge is 0.164 e. The Balaban J connectivity index is 1.95. The average Bonchev–Trinajstić information content (AvgIpc) is 3.06. The van der Waals surface area contributed by atoms with Gasteiger partial charge in [-0.2, -0.15) is 4.58 Å². The predicted molar refractivity (Wildman–Crippen MR) is 130 cm³/mol. The molecular weight excluding hydrogens is 376 g/mol. The third kappa shape index (κ3) is 3.60. The van der Waals surface area contributed by atoms with E-state index in [-0.39, 0.29) is 17.0 Å². The van der Waals surface area contributed by atoms with Crippen LogP contribution < -0.4 is 4.57 Å². The second-order valence-corrected chi connectivity index (χ2v) is 11.1. The topological polar surface area (TPSA) is 6.89 Å². The van der Waals surface area contributed by atoms with Crippen molar-refractivity contribution in [2.75, 3.05) is 0 Å². The molecule has 0 bridgehead atoms. The number of aromatic nitrogens is 1. The standard InChI is InChI=1S/C29H38N2/c1-20(2)29(7,8)21(3)26-19-22(28(4,5)6)16-18-31(26)27-24-14-10-9-13-23(24)25-15-11-12-17-30(25)27/h9-14,16-20,25,27H,3,15H2,1-2,4-8H3/q+2. The summed E-state index contributed by atoms with van der Waals surface area (Å²) in [5.74, 6) is 0.500. The van der Waals surface area contributed by atoms with Crippen molar-refractivity contribution >= 4 is 11.8 Å². The molecular formula is C29H38N2+2. The Morgan fingerprint density at radius 1 is 1.03 bits per heavy atom. The summed E-state index contributed by atoms with van der Waals surface area (Å²) in [6.07, 6.45) is 10.3. The van der Waals surface area contributed by atoms with Crippen molar-refractivity contribution < 1.29 is 9.14 Å². The second kappa shape index (κ2) is 7.58. The molecule has 3 heterocycles. The molecule has 0 N–H and O–H groups in total. The lowest BCUT2D eigenvalue weighted by molar-refractivity contribution is -0.876. The SMILES string of the molecule is C=C(c1cc(C(C)(C)C)cc[n+]1C1c2ccccc2C2CC=CC=[N+]21)C(C)(C)C(C)C. The molecule has 0 fully saturated rings. The first-order valence-electron chi connectivity index (χ1n) is 11.6. The third-order valence-electron chi connectivity index (χ3n) is 7.67. The molecule has 2 atom stereocenters. The first-order valence-corrected chi connectivity index (χ1v) is 11.6. The summed E-state index contributed by atoms with van der Waals surface area (Å²) in [5.41, 5.74) is 6.74. The van der Waals surface area contributed by atoms with Crippen LogP contribution in [0.2, 0.25) is 0 Å². The van der Waals surface area contributed by atoms with Gasteiger partial charge >= 0.3 is 6.17 Å². The van der Waals surface area contributed by atoms with Crippen LogP contribution in [0.1, 0.15) is 89.5 Å². The fraction of sp³-hybridized carbons (Fsp3) is 0.448. The summed E-state index contributed by atoms with van der Waals surface area (Å²) in [6, 6.07) is 14.0. The Morgan fingerprint density at radius 2 is 1.71 bits per heavy atom. The zero-order valence-electron chi connectivity index (χ0n) is 20.3. The van der Waals surface area contributed by atoms with Crippen LogP contribution in [0.25, 0.3) is 5.57 Å². The van der Waals surface area contributed by atoms with Gasteiger partial charge in [0.25, 0.3) is 0 Å². The van der Waals surface area contributed by atoms with E-state index in [9.17, 15) is 0 Å². The molecule has 0 saturated heterocycles. The van der Waals surface area contributed by atoms with Crippen LogP contribution in [-0.4, -0.2) is 10.8 Å². The minimum atomic E-state index is 0.00129. The largest absolute Gasteiger partial charge is 0.376 e. The van der Waals surface area contributed by atoms with E-state index in [1.54, 1.807) is 0 Å². The first-order chi connectivity index (χ1) is 14.5. The molecule has 0 amide bonds. The van der Waals surface area contributed by atoms with E-state index in [0.717, 1.165) is 6.42 Å². The number of allylic oxidation sites excluding steroid dienone is 2. The van der Waals surface area contributed by atoms with Crippen molar-refractivity contribution in [3.63, 3.8) is 0 Å². The maximum absolute atomic E-state index is 4.67. The zero-order valence-corrected chi connectivity index (χ0v) is 20.3. The maximum atomic E-state index is 4.67. The van der Waals surface area contributed by atoms with Crippen molar-refractivity contribution in [1.82, 2.24) is 0 Å². The van der Waals surface area contributed by atoms with Gasteiger partial charge in [0.15, 0.2) is 18.5 Å². The number of pyridine rings is 1. The van der Waals surface area contributed by atoms with Crippen LogP contribution in [-0.2, 0) is 5.41 Å². The van der Waals surface area contributed by atoms with Gasteiger partial charge in [-0.05, 0) is 34.5 Å². The highest BCUT2D eigenvalue weighted by Gasteiger charge is 2.50. The second-order valence-electron chi connectivity index (χ2n) is 11.1. The van der Waals surface area contributed by atoms with Crippen molar-refractivity contribution in [2.45, 2.75) is 72.5 Å². The van der Waals surface area contributed by atoms with E-state index in [1.165, 1.54) is 28.0 Å². The molecule has 1 aromatic heterocycles. The normalized spacial score (nSPS) is 20.5. The Bertz CT molecular complexity index is 1080. The molecule has 1 aromatic carbocycles. The van der Waals surface area contributed by atoms with Gasteiger partial charge in [0.05, 0.1) is 0 Å². The molecule has 0 radical (unpaired) electrons. The van der Waals surface area contributed by atoms with E-state index in [0.29, 0.717) is 12.0 Å². The summed E-state index contributed by atoms with van der Waals surface area (Å²) in [7, 11) is 0. The minimum Gasteiger partial charge on any atom is -0.164 e. The molecule has 2 aliphatic rings. The average molecular weight is 415 g/mol. The zero-order chi connectivity index (χ0) is 22.6. The lowest BCUT2D eigenvalue weighted by Crippen LogP contribution is -2.49. The summed E-state index contributed by atoms with van der Waals surface area (Å²) in [5, 5.41) is 0. The Labute approximate surface area is 188 Å². The fourth-order valence-corrected chi connectivity index (χ4v) is 4.75. The summed E-state index contributed by atoms with van der Waals surface area (Å²) < 4.78 is 5.00. The van der Waals surface area contributed by atoms with Crippen molar-refractivity contribution in [1.29, 1.82) is 0 Å². The number of hydrogen-bond donors (Lipinski definition) is 0. The quantitative estimate of drug-likeness (QED) is 0.497. The molecule has 0 spiro atoms. The lowest BCUT2D eigenvalue weighted by Gasteiger charge is -2.31. The van der Waals surface area contributed by atoms with E-state index in [4.69, 9.17) is 0 Å². The third-order valence-corrected chi connectivity index (χ3v) is 7.67. The van der Waals surface area contributed by atoms with Crippen LogP contribution in [0.4, 0.5) is 0 Å². The molecule has 0 aliphatic carbocycles. The molecule has 162 valence electrons. The van der Waals surface area contributed by atoms with Crippen LogP contribution in [0.3, 0.4) is 0 Å². The highest BCUT2D eigenvalue weighted by Crippen LogP contribution is 2.43. The molecule has 2 aromatic rings. The van der Waals surface area contributed by atoms with E-state index >= 15 is 0 Å². The predicted octanol–water partition coefficient (Wildman–Crippen LogP) is 6.61. The Morgan fingerprint density at radius 3 is 2.35 bits per heavy atom. The summed E-state index contributed by atoms with van der Waals surface area (Å²) in [6.45, 7) is 20.8. The number of benzene rings is 1. The van der Waals surface area contributed by atoms with Crippen molar-refractivity contribution in [3.05, 3.63) is 83.7 Å². The first kappa shape index (κ1) is 21.7. The highest BCUT2D eigenvalue weighted by atomic mass is 15.3.